The van der Waals surface area contributed by atoms with Crippen molar-refractivity contribution in [2.24, 2.45) is 0 Å². The Hall–Kier alpha value is -2.89. The van der Waals surface area contributed by atoms with Crippen molar-refractivity contribution >= 4 is 22.5 Å². The van der Waals surface area contributed by atoms with Crippen LogP contribution in [-0.4, -0.2) is 30.5 Å². The van der Waals surface area contributed by atoms with Gasteiger partial charge in [-0.15, -0.1) is 0 Å². The number of fused-ring (bicyclic) bond motifs is 3. The van der Waals surface area contributed by atoms with Gasteiger partial charge in [0.2, 0.25) is 0 Å². The van der Waals surface area contributed by atoms with E-state index in [1.807, 2.05) is 36.9 Å². The molecule has 0 aliphatic rings. The molecular formula is C16H16N6. The van der Waals surface area contributed by atoms with Crippen molar-refractivity contribution in [2.45, 2.75) is 13.0 Å². The van der Waals surface area contributed by atoms with Crippen LogP contribution in [0.4, 0.5) is 5.82 Å². The van der Waals surface area contributed by atoms with Crippen LogP contribution in [0, 0.1) is 0 Å². The molecule has 1 N–H and O–H groups in total. The van der Waals surface area contributed by atoms with Gasteiger partial charge in [-0.3, -0.25) is 4.40 Å². The molecule has 0 unspecified atom stereocenters. The van der Waals surface area contributed by atoms with Gasteiger partial charge in [0.05, 0.1) is 17.4 Å². The van der Waals surface area contributed by atoms with E-state index in [2.05, 4.69) is 30.3 Å². The lowest BCUT2D eigenvalue weighted by atomic mass is 10.3. The first-order chi connectivity index (χ1) is 10.9. The third-order valence-electron chi connectivity index (χ3n) is 3.67. The first-order valence-electron chi connectivity index (χ1n) is 7.33. The molecule has 6 heteroatoms. The minimum absolute atomic E-state index is 0.828. The molecule has 0 aliphatic heterocycles. The number of imidazole rings is 2. The number of hydrogen-bond acceptors (Lipinski definition) is 4. The molecule has 3 heterocycles. The lowest BCUT2D eigenvalue weighted by Crippen LogP contribution is -2.08. The molecular weight excluding hydrogens is 276 g/mol. The van der Waals surface area contributed by atoms with Gasteiger partial charge in [-0.05, 0) is 18.6 Å². The van der Waals surface area contributed by atoms with E-state index in [9.17, 15) is 0 Å². The normalized spacial score (nSPS) is 11.3. The minimum atomic E-state index is 0.828. The maximum absolute atomic E-state index is 4.70. The van der Waals surface area contributed by atoms with Crippen LogP contribution in [0.5, 0.6) is 0 Å². The first-order valence-corrected chi connectivity index (χ1v) is 7.33. The monoisotopic (exact) mass is 292 g/mol. The van der Waals surface area contributed by atoms with Crippen molar-refractivity contribution in [1.82, 2.24) is 23.9 Å². The van der Waals surface area contributed by atoms with Gasteiger partial charge in [0.15, 0.2) is 11.5 Å². The molecule has 1 aromatic carbocycles. The maximum Gasteiger partial charge on any atom is 0.180 e. The summed E-state index contributed by atoms with van der Waals surface area (Å²) in [6.07, 6.45) is 10.4. The maximum atomic E-state index is 4.70. The zero-order valence-corrected chi connectivity index (χ0v) is 12.1. The number of aryl methyl sites for hydroxylation is 1. The van der Waals surface area contributed by atoms with E-state index < -0.39 is 0 Å². The van der Waals surface area contributed by atoms with Crippen LogP contribution >= 0.6 is 0 Å². The molecule has 4 aromatic rings. The van der Waals surface area contributed by atoms with E-state index >= 15 is 0 Å². The Balaban J connectivity index is 1.56. The van der Waals surface area contributed by atoms with Gasteiger partial charge in [0, 0.05) is 37.9 Å². The summed E-state index contributed by atoms with van der Waals surface area (Å²) in [7, 11) is 0. The lowest BCUT2D eigenvalue weighted by molar-refractivity contribution is 0.660. The second-order valence-electron chi connectivity index (χ2n) is 5.15. The highest BCUT2D eigenvalue weighted by molar-refractivity contribution is 5.82. The fraction of sp³-hybridized carbons (Fsp3) is 0.188. The minimum Gasteiger partial charge on any atom is -0.367 e. The summed E-state index contributed by atoms with van der Waals surface area (Å²) in [4.78, 5) is 13.2. The van der Waals surface area contributed by atoms with Crippen molar-refractivity contribution in [3.05, 3.63) is 55.4 Å². The second-order valence-corrected chi connectivity index (χ2v) is 5.15. The standard InChI is InChI=1S/C16H16N6/c1-2-5-14-13(4-1)20-15(16-19-8-11-22(14)16)18-6-3-9-21-10-7-17-12-21/h1-2,4-5,7-8,10-12H,3,6,9H2,(H,18,20). The quantitative estimate of drug-likeness (QED) is 0.574. The van der Waals surface area contributed by atoms with E-state index in [-0.39, 0.29) is 0 Å². The summed E-state index contributed by atoms with van der Waals surface area (Å²) in [5.74, 6) is 0.828. The summed E-state index contributed by atoms with van der Waals surface area (Å²) in [5, 5.41) is 3.40. The number of benzene rings is 1. The van der Waals surface area contributed by atoms with Crippen LogP contribution in [0.15, 0.2) is 55.4 Å². The highest BCUT2D eigenvalue weighted by Gasteiger charge is 2.08. The van der Waals surface area contributed by atoms with Crippen LogP contribution in [-0.2, 0) is 6.54 Å². The average Bonchev–Trinajstić information content (AvgIpc) is 3.23. The summed E-state index contributed by atoms with van der Waals surface area (Å²) in [6.45, 7) is 1.78. The Morgan fingerprint density at radius 1 is 1.09 bits per heavy atom. The SMILES string of the molecule is c1ccc2c(c1)nc(NCCCn1ccnc1)c1nccn12. The molecule has 0 saturated heterocycles. The molecule has 0 radical (unpaired) electrons. The highest BCUT2D eigenvalue weighted by Crippen LogP contribution is 2.20. The first kappa shape index (κ1) is 12.8. The van der Waals surface area contributed by atoms with Crippen molar-refractivity contribution in [3.63, 3.8) is 0 Å². The summed E-state index contributed by atoms with van der Waals surface area (Å²) >= 11 is 0. The Morgan fingerprint density at radius 3 is 2.95 bits per heavy atom. The van der Waals surface area contributed by atoms with Crippen molar-refractivity contribution in [1.29, 1.82) is 0 Å². The van der Waals surface area contributed by atoms with Gasteiger partial charge in [-0.2, -0.15) is 0 Å². The zero-order valence-electron chi connectivity index (χ0n) is 12.1. The van der Waals surface area contributed by atoms with Crippen LogP contribution in [0.1, 0.15) is 6.42 Å². The molecule has 0 bridgehead atoms. The van der Waals surface area contributed by atoms with Gasteiger partial charge in [0.1, 0.15) is 0 Å². The Kier molecular flexibility index (Phi) is 3.19. The van der Waals surface area contributed by atoms with Gasteiger partial charge in [-0.25, -0.2) is 15.0 Å². The van der Waals surface area contributed by atoms with Crippen LogP contribution in [0.3, 0.4) is 0 Å². The van der Waals surface area contributed by atoms with Gasteiger partial charge in [0.25, 0.3) is 0 Å². The summed E-state index contributed by atoms with van der Waals surface area (Å²) in [6, 6.07) is 8.09. The number of hydrogen-bond donors (Lipinski definition) is 1. The van der Waals surface area contributed by atoms with Gasteiger partial charge < -0.3 is 9.88 Å². The molecule has 3 aromatic heterocycles. The zero-order chi connectivity index (χ0) is 14.8. The number of para-hydroxylation sites is 2. The lowest BCUT2D eigenvalue weighted by Gasteiger charge is -2.09. The van der Waals surface area contributed by atoms with E-state index in [0.29, 0.717) is 0 Å². The summed E-state index contributed by atoms with van der Waals surface area (Å²) < 4.78 is 4.14. The number of rotatable bonds is 5. The molecule has 6 nitrogen and oxygen atoms in total. The van der Waals surface area contributed by atoms with Crippen molar-refractivity contribution in [3.8, 4) is 0 Å². The fourth-order valence-electron chi connectivity index (χ4n) is 2.61. The van der Waals surface area contributed by atoms with E-state index in [1.54, 1.807) is 12.4 Å². The third kappa shape index (κ3) is 2.28. The molecule has 22 heavy (non-hydrogen) atoms. The molecule has 0 spiro atoms. The predicted molar refractivity (Wildman–Crippen MR) is 85.8 cm³/mol. The van der Waals surface area contributed by atoms with Crippen LogP contribution < -0.4 is 5.32 Å². The van der Waals surface area contributed by atoms with Gasteiger partial charge >= 0.3 is 0 Å². The topological polar surface area (TPSA) is 60.0 Å². The Morgan fingerprint density at radius 2 is 2.05 bits per heavy atom. The molecule has 110 valence electrons. The molecule has 0 saturated carbocycles. The van der Waals surface area contributed by atoms with Crippen LogP contribution in [0.25, 0.3) is 16.7 Å². The third-order valence-corrected chi connectivity index (χ3v) is 3.67. The second kappa shape index (κ2) is 5.48. The van der Waals surface area contributed by atoms with E-state index in [4.69, 9.17) is 4.98 Å². The van der Waals surface area contributed by atoms with Crippen molar-refractivity contribution < 1.29 is 0 Å². The molecule has 0 fully saturated rings. The Bertz CT molecular complexity index is 893. The fourth-order valence-corrected chi connectivity index (χ4v) is 2.61. The Labute approximate surface area is 127 Å². The summed E-state index contributed by atoms with van der Waals surface area (Å²) in [5.41, 5.74) is 2.89. The van der Waals surface area contributed by atoms with Gasteiger partial charge in [-0.1, -0.05) is 12.1 Å². The number of nitrogens with one attached hydrogen (secondary N) is 1. The number of nitrogens with zero attached hydrogens (tertiary/aromatic N) is 5. The van der Waals surface area contributed by atoms with E-state index in [0.717, 1.165) is 42.0 Å². The predicted octanol–water partition coefficient (Wildman–Crippen LogP) is 2.58. The average molecular weight is 292 g/mol. The highest BCUT2D eigenvalue weighted by atomic mass is 15.1. The molecule has 0 aliphatic carbocycles. The smallest absolute Gasteiger partial charge is 0.180 e. The molecule has 0 amide bonds. The van der Waals surface area contributed by atoms with E-state index in [1.165, 1.54) is 0 Å². The number of aromatic nitrogens is 5. The molecule has 0 atom stereocenters. The van der Waals surface area contributed by atoms with Crippen molar-refractivity contribution in [2.75, 3.05) is 11.9 Å². The van der Waals surface area contributed by atoms with Crippen LogP contribution in [0.2, 0.25) is 0 Å². The largest absolute Gasteiger partial charge is 0.367 e. The number of anilines is 1. The molecule has 4 rings (SSSR count).